The summed E-state index contributed by atoms with van der Waals surface area (Å²) in [5, 5.41) is 12.2. The molecule has 1 amide bonds. The number of hydrogen-bond acceptors (Lipinski definition) is 4. The zero-order valence-electron chi connectivity index (χ0n) is 11.8. The first-order valence-electron chi connectivity index (χ1n) is 7.05. The Bertz CT molecular complexity index is 475. The molecule has 0 bridgehead atoms. The van der Waals surface area contributed by atoms with Gasteiger partial charge in [0.05, 0.1) is 6.42 Å². The largest absolute Gasteiger partial charge is 0.481 e. The Morgan fingerprint density at radius 2 is 2.10 bits per heavy atom. The lowest BCUT2D eigenvalue weighted by molar-refractivity contribution is -0.136. The molecule has 1 saturated heterocycles. The van der Waals surface area contributed by atoms with Crippen molar-refractivity contribution in [2.75, 3.05) is 29.5 Å². The Morgan fingerprint density at radius 3 is 2.71 bits per heavy atom. The number of para-hydroxylation sites is 1. The van der Waals surface area contributed by atoms with Crippen LogP contribution >= 0.6 is 11.8 Å². The van der Waals surface area contributed by atoms with Gasteiger partial charge in [-0.15, -0.1) is 0 Å². The molecule has 1 aromatic carbocycles. The molecule has 1 aliphatic rings. The number of amides is 1. The van der Waals surface area contributed by atoms with E-state index in [1.54, 1.807) is 4.90 Å². The first-order chi connectivity index (χ1) is 10.2. The summed E-state index contributed by atoms with van der Waals surface area (Å²) >= 11 is 1.84. The number of nitrogens with zero attached hydrogens (tertiary/aromatic N) is 1. The van der Waals surface area contributed by atoms with Crippen LogP contribution in [0, 0.1) is 0 Å². The van der Waals surface area contributed by atoms with Gasteiger partial charge in [-0.2, -0.15) is 11.8 Å². The molecule has 2 N–H and O–H groups in total. The number of thioether (sulfide) groups is 1. The molecule has 0 spiro atoms. The van der Waals surface area contributed by atoms with Crippen LogP contribution in [-0.4, -0.2) is 47.6 Å². The van der Waals surface area contributed by atoms with Crippen LogP contribution in [0.25, 0.3) is 0 Å². The van der Waals surface area contributed by atoms with Gasteiger partial charge in [0.15, 0.2) is 0 Å². The van der Waals surface area contributed by atoms with Gasteiger partial charge in [0.2, 0.25) is 5.91 Å². The van der Waals surface area contributed by atoms with E-state index in [4.69, 9.17) is 5.11 Å². The number of aliphatic carboxylic acids is 1. The van der Waals surface area contributed by atoms with E-state index < -0.39 is 5.97 Å². The lowest BCUT2D eigenvalue weighted by Crippen LogP contribution is -2.43. The maximum atomic E-state index is 12.5. The number of carboxylic acids is 1. The highest BCUT2D eigenvalue weighted by Gasteiger charge is 2.22. The topological polar surface area (TPSA) is 69.6 Å². The van der Waals surface area contributed by atoms with Crippen molar-refractivity contribution in [3.63, 3.8) is 0 Å². The van der Waals surface area contributed by atoms with Crippen molar-refractivity contribution in [2.24, 2.45) is 0 Å². The normalized spacial score (nSPS) is 18.2. The van der Waals surface area contributed by atoms with Crippen LogP contribution in [-0.2, 0) is 9.59 Å². The third-order valence-corrected chi connectivity index (χ3v) is 4.47. The summed E-state index contributed by atoms with van der Waals surface area (Å²) in [4.78, 5) is 24.9. The van der Waals surface area contributed by atoms with Crippen molar-refractivity contribution in [3.8, 4) is 0 Å². The monoisotopic (exact) mass is 308 g/mol. The summed E-state index contributed by atoms with van der Waals surface area (Å²) in [6, 6.07) is 9.43. The van der Waals surface area contributed by atoms with E-state index in [2.05, 4.69) is 5.32 Å². The SMILES string of the molecule is O=C(O)CCN(C(=O)CC1CSCCN1)c1ccccc1. The number of anilines is 1. The Labute approximate surface area is 128 Å². The number of hydrogen-bond donors (Lipinski definition) is 2. The molecular weight excluding hydrogens is 288 g/mol. The van der Waals surface area contributed by atoms with Crippen molar-refractivity contribution in [1.82, 2.24) is 5.32 Å². The van der Waals surface area contributed by atoms with E-state index in [1.807, 2.05) is 42.1 Å². The molecule has 1 heterocycles. The van der Waals surface area contributed by atoms with E-state index in [0.29, 0.717) is 6.42 Å². The fraction of sp³-hybridized carbons (Fsp3) is 0.467. The van der Waals surface area contributed by atoms with Crippen LogP contribution in [0.15, 0.2) is 30.3 Å². The van der Waals surface area contributed by atoms with Crippen LogP contribution in [0.5, 0.6) is 0 Å². The minimum atomic E-state index is -0.893. The van der Waals surface area contributed by atoms with Crippen LogP contribution in [0.3, 0.4) is 0 Å². The molecule has 2 rings (SSSR count). The lowest BCUT2D eigenvalue weighted by Gasteiger charge is -2.27. The van der Waals surface area contributed by atoms with E-state index in [1.165, 1.54) is 0 Å². The number of carbonyl (C=O) groups is 2. The Kier molecular flexibility index (Phi) is 6.07. The summed E-state index contributed by atoms with van der Waals surface area (Å²) in [6.45, 7) is 1.13. The van der Waals surface area contributed by atoms with Gasteiger partial charge in [0.1, 0.15) is 0 Å². The molecule has 0 saturated carbocycles. The molecular formula is C15H20N2O3S. The number of rotatable bonds is 6. The second-order valence-electron chi connectivity index (χ2n) is 4.95. The van der Waals surface area contributed by atoms with Crippen LogP contribution in [0.4, 0.5) is 5.69 Å². The quantitative estimate of drug-likeness (QED) is 0.835. The number of carbonyl (C=O) groups excluding carboxylic acids is 1. The molecule has 0 aliphatic carbocycles. The predicted octanol–water partition coefficient (Wildman–Crippen LogP) is 1.59. The number of carboxylic acid groups (broad SMARTS) is 1. The third kappa shape index (κ3) is 5.06. The fourth-order valence-electron chi connectivity index (χ4n) is 2.28. The molecule has 114 valence electrons. The number of benzene rings is 1. The van der Waals surface area contributed by atoms with Gasteiger partial charge in [-0.05, 0) is 12.1 Å². The summed E-state index contributed by atoms with van der Waals surface area (Å²) in [5.41, 5.74) is 0.757. The zero-order valence-corrected chi connectivity index (χ0v) is 12.6. The molecule has 6 heteroatoms. The first-order valence-corrected chi connectivity index (χ1v) is 8.20. The maximum absolute atomic E-state index is 12.5. The maximum Gasteiger partial charge on any atom is 0.305 e. The molecule has 0 radical (unpaired) electrons. The molecule has 1 aromatic rings. The first kappa shape index (κ1) is 15.9. The molecule has 5 nitrogen and oxygen atoms in total. The van der Waals surface area contributed by atoms with Crippen molar-refractivity contribution in [3.05, 3.63) is 30.3 Å². The standard InChI is InChI=1S/C15H20N2O3S/c18-14(10-12-11-21-9-7-16-12)17(8-6-15(19)20)13-4-2-1-3-5-13/h1-5,12,16H,6-11H2,(H,19,20). The zero-order chi connectivity index (χ0) is 15.1. The predicted molar refractivity (Wildman–Crippen MR) is 84.8 cm³/mol. The molecule has 21 heavy (non-hydrogen) atoms. The summed E-state index contributed by atoms with van der Waals surface area (Å²) in [6.07, 6.45) is 0.356. The van der Waals surface area contributed by atoms with Crippen LogP contribution < -0.4 is 10.2 Å². The molecule has 0 aromatic heterocycles. The highest BCUT2D eigenvalue weighted by Crippen LogP contribution is 2.17. The van der Waals surface area contributed by atoms with Gasteiger partial charge in [-0.1, -0.05) is 18.2 Å². The smallest absolute Gasteiger partial charge is 0.305 e. The van der Waals surface area contributed by atoms with E-state index >= 15 is 0 Å². The Hall–Kier alpha value is -1.53. The third-order valence-electron chi connectivity index (χ3n) is 3.34. The van der Waals surface area contributed by atoms with Gasteiger partial charge >= 0.3 is 5.97 Å². The van der Waals surface area contributed by atoms with Gasteiger partial charge in [0, 0.05) is 42.7 Å². The average molecular weight is 308 g/mol. The van der Waals surface area contributed by atoms with Gasteiger partial charge < -0.3 is 15.3 Å². The fourth-order valence-corrected chi connectivity index (χ4v) is 3.23. The van der Waals surface area contributed by atoms with E-state index in [-0.39, 0.29) is 24.9 Å². The van der Waals surface area contributed by atoms with E-state index in [0.717, 1.165) is 23.7 Å². The van der Waals surface area contributed by atoms with Crippen molar-refractivity contribution in [1.29, 1.82) is 0 Å². The summed E-state index contributed by atoms with van der Waals surface area (Å²) in [5.74, 6) is 1.08. The highest BCUT2D eigenvalue weighted by atomic mass is 32.2. The van der Waals surface area contributed by atoms with Gasteiger partial charge in [0.25, 0.3) is 0 Å². The molecule has 1 fully saturated rings. The van der Waals surface area contributed by atoms with Crippen molar-refractivity contribution >= 4 is 29.3 Å². The highest BCUT2D eigenvalue weighted by molar-refractivity contribution is 7.99. The van der Waals surface area contributed by atoms with Crippen LogP contribution in [0.2, 0.25) is 0 Å². The minimum Gasteiger partial charge on any atom is -0.481 e. The van der Waals surface area contributed by atoms with Crippen molar-refractivity contribution in [2.45, 2.75) is 18.9 Å². The van der Waals surface area contributed by atoms with E-state index in [9.17, 15) is 9.59 Å². The van der Waals surface area contributed by atoms with Crippen molar-refractivity contribution < 1.29 is 14.7 Å². The minimum absolute atomic E-state index is 0.0255. The second-order valence-corrected chi connectivity index (χ2v) is 6.10. The average Bonchev–Trinajstić information content (AvgIpc) is 2.49. The molecule has 1 atom stereocenters. The summed E-state index contributed by atoms with van der Waals surface area (Å²) in [7, 11) is 0. The second kappa shape index (κ2) is 8.05. The molecule has 1 unspecified atom stereocenters. The summed E-state index contributed by atoms with van der Waals surface area (Å²) < 4.78 is 0. The van der Waals surface area contributed by atoms with Gasteiger partial charge in [-0.3, -0.25) is 9.59 Å². The Balaban J connectivity index is 2.02. The Morgan fingerprint density at radius 1 is 1.33 bits per heavy atom. The lowest BCUT2D eigenvalue weighted by atomic mass is 10.1. The number of nitrogens with one attached hydrogen (secondary N) is 1. The molecule has 1 aliphatic heterocycles. The van der Waals surface area contributed by atoms with Crippen LogP contribution in [0.1, 0.15) is 12.8 Å². The van der Waals surface area contributed by atoms with Gasteiger partial charge in [-0.25, -0.2) is 0 Å².